The molecule has 3 N–H and O–H groups in total. The summed E-state index contributed by atoms with van der Waals surface area (Å²) in [4.78, 5) is 4.45. The Kier molecular flexibility index (Phi) is 5.66. The fourth-order valence-corrected chi connectivity index (χ4v) is 3.62. The molecule has 132 valence electrons. The van der Waals surface area contributed by atoms with Crippen LogP contribution in [-0.4, -0.2) is 24.9 Å². The van der Waals surface area contributed by atoms with Crippen LogP contribution in [0.3, 0.4) is 0 Å². The van der Waals surface area contributed by atoms with E-state index in [1.165, 1.54) is 6.07 Å². The molecule has 0 fully saturated rings. The van der Waals surface area contributed by atoms with Crippen molar-refractivity contribution < 1.29 is 9.13 Å². The Labute approximate surface area is 151 Å². The van der Waals surface area contributed by atoms with Gasteiger partial charge in [-0.25, -0.2) is 4.39 Å². The number of halogens is 1. The molecule has 3 rings (SSSR count). The highest BCUT2D eigenvalue weighted by atomic mass is 32.2. The third-order valence-corrected chi connectivity index (χ3v) is 5.17. The number of H-pyrrole nitrogens is 1. The van der Waals surface area contributed by atoms with E-state index in [0.717, 1.165) is 52.1 Å². The minimum atomic E-state index is -0.233. The standard InChI is InChI=1S/C20H23FN2OS/c1-24-18-10-9-13(25-2)12-16(18)19-14(6-3-4-11-22)15-7-5-8-17(21)20(15)23-19/h5,7-10,12,23H,3-4,6,11,22H2,1-2H3. The van der Waals surface area contributed by atoms with Crippen molar-refractivity contribution in [2.24, 2.45) is 5.73 Å². The Morgan fingerprint density at radius 3 is 2.76 bits per heavy atom. The molecule has 0 aliphatic carbocycles. The smallest absolute Gasteiger partial charge is 0.147 e. The molecule has 0 aliphatic heterocycles. The van der Waals surface area contributed by atoms with E-state index >= 15 is 0 Å². The van der Waals surface area contributed by atoms with Crippen molar-refractivity contribution in [2.75, 3.05) is 19.9 Å². The van der Waals surface area contributed by atoms with Gasteiger partial charge in [0.2, 0.25) is 0 Å². The summed E-state index contributed by atoms with van der Waals surface area (Å²) in [5, 5.41) is 0.934. The Bertz CT molecular complexity index is 876. The second-order valence-electron chi connectivity index (χ2n) is 5.95. The van der Waals surface area contributed by atoms with Crippen LogP contribution in [0.25, 0.3) is 22.2 Å². The molecule has 3 aromatic rings. The van der Waals surface area contributed by atoms with Gasteiger partial charge in [-0.3, -0.25) is 0 Å². The van der Waals surface area contributed by atoms with Gasteiger partial charge in [0.1, 0.15) is 11.6 Å². The Morgan fingerprint density at radius 2 is 2.04 bits per heavy atom. The zero-order valence-corrected chi connectivity index (χ0v) is 15.4. The summed E-state index contributed by atoms with van der Waals surface area (Å²) in [5.74, 6) is 0.550. The number of aryl methyl sites for hydroxylation is 1. The number of methoxy groups -OCH3 is 1. The largest absolute Gasteiger partial charge is 0.496 e. The van der Waals surface area contributed by atoms with Crippen LogP contribution in [0.5, 0.6) is 5.75 Å². The summed E-state index contributed by atoms with van der Waals surface area (Å²) in [5.41, 5.74) is 9.22. The van der Waals surface area contributed by atoms with E-state index in [4.69, 9.17) is 10.5 Å². The van der Waals surface area contributed by atoms with E-state index in [-0.39, 0.29) is 5.82 Å². The molecule has 0 unspecified atom stereocenters. The number of aromatic amines is 1. The summed E-state index contributed by atoms with van der Waals surface area (Å²) < 4.78 is 19.9. The third kappa shape index (κ3) is 3.53. The predicted molar refractivity (Wildman–Crippen MR) is 104 cm³/mol. The minimum absolute atomic E-state index is 0.233. The van der Waals surface area contributed by atoms with Crippen LogP contribution in [0, 0.1) is 5.82 Å². The summed E-state index contributed by atoms with van der Waals surface area (Å²) in [7, 11) is 1.66. The van der Waals surface area contributed by atoms with Crippen LogP contribution in [0.2, 0.25) is 0 Å². The number of thioether (sulfide) groups is 1. The maximum Gasteiger partial charge on any atom is 0.147 e. The van der Waals surface area contributed by atoms with E-state index in [1.807, 2.05) is 24.5 Å². The molecule has 5 heteroatoms. The third-order valence-electron chi connectivity index (χ3n) is 4.45. The van der Waals surface area contributed by atoms with Crippen molar-refractivity contribution in [3.63, 3.8) is 0 Å². The Hall–Kier alpha value is -1.98. The van der Waals surface area contributed by atoms with Crippen molar-refractivity contribution in [3.8, 4) is 17.0 Å². The summed E-state index contributed by atoms with van der Waals surface area (Å²) in [6.45, 7) is 0.664. The number of nitrogens with two attached hydrogens (primary N) is 1. The van der Waals surface area contributed by atoms with E-state index < -0.39 is 0 Å². The maximum atomic E-state index is 14.3. The molecule has 0 aliphatic rings. The van der Waals surface area contributed by atoms with Crippen molar-refractivity contribution in [1.82, 2.24) is 4.98 Å². The van der Waals surface area contributed by atoms with Crippen molar-refractivity contribution in [3.05, 3.63) is 47.8 Å². The topological polar surface area (TPSA) is 51.0 Å². The van der Waals surface area contributed by atoms with Gasteiger partial charge in [-0.15, -0.1) is 11.8 Å². The van der Waals surface area contributed by atoms with Crippen molar-refractivity contribution in [1.29, 1.82) is 0 Å². The van der Waals surface area contributed by atoms with Crippen molar-refractivity contribution >= 4 is 22.7 Å². The number of ether oxygens (including phenoxy) is 1. The van der Waals surface area contributed by atoms with Crippen LogP contribution in [0.15, 0.2) is 41.3 Å². The summed E-state index contributed by atoms with van der Waals surface area (Å²) in [6, 6.07) is 11.3. The highest BCUT2D eigenvalue weighted by Crippen LogP contribution is 2.39. The first kappa shape index (κ1) is 17.8. The average Bonchev–Trinajstić information content (AvgIpc) is 3.01. The van der Waals surface area contributed by atoms with Gasteiger partial charge in [0.25, 0.3) is 0 Å². The molecule has 25 heavy (non-hydrogen) atoms. The normalized spacial score (nSPS) is 11.2. The zero-order valence-electron chi connectivity index (χ0n) is 14.6. The lowest BCUT2D eigenvalue weighted by Crippen LogP contribution is -1.99. The highest BCUT2D eigenvalue weighted by Gasteiger charge is 2.18. The Morgan fingerprint density at radius 1 is 1.20 bits per heavy atom. The average molecular weight is 358 g/mol. The van der Waals surface area contributed by atoms with E-state index in [9.17, 15) is 4.39 Å². The molecule has 3 nitrogen and oxygen atoms in total. The number of unbranched alkanes of at least 4 members (excludes halogenated alkanes) is 1. The van der Waals surface area contributed by atoms with Gasteiger partial charge in [-0.1, -0.05) is 12.1 Å². The second kappa shape index (κ2) is 7.93. The molecule has 0 spiro atoms. The van der Waals surface area contributed by atoms with Gasteiger partial charge in [-0.05, 0) is 61.9 Å². The van der Waals surface area contributed by atoms with Gasteiger partial charge in [-0.2, -0.15) is 0 Å². The van der Waals surface area contributed by atoms with Gasteiger partial charge in [0.05, 0.1) is 18.3 Å². The quantitative estimate of drug-likeness (QED) is 0.462. The lowest BCUT2D eigenvalue weighted by Gasteiger charge is -2.11. The number of aromatic nitrogens is 1. The highest BCUT2D eigenvalue weighted by molar-refractivity contribution is 7.98. The summed E-state index contributed by atoms with van der Waals surface area (Å²) >= 11 is 1.67. The lowest BCUT2D eigenvalue weighted by atomic mass is 9.99. The number of hydrogen-bond acceptors (Lipinski definition) is 3. The number of hydrogen-bond donors (Lipinski definition) is 2. The van der Waals surface area contributed by atoms with Crippen LogP contribution in [-0.2, 0) is 6.42 Å². The first-order chi connectivity index (χ1) is 12.2. The van der Waals surface area contributed by atoms with Gasteiger partial charge < -0.3 is 15.5 Å². The van der Waals surface area contributed by atoms with Gasteiger partial charge in [0.15, 0.2) is 0 Å². The van der Waals surface area contributed by atoms with Gasteiger partial charge in [0, 0.05) is 15.8 Å². The van der Waals surface area contributed by atoms with Crippen LogP contribution >= 0.6 is 11.8 Å². The summed E-state index contributed by atoms with van der Waals surface area (Å²) in [6.07, 6.45) is 4.81. The fourth-order valence-electron chi connectivity index (χ4n) is 3.18. The molecule has 0 radical (unpaired) electrons. The van der Waals surface area contributed by atoms with E-state index in [2.05, 4.69) is 11.1 Å². The van der Waals surface area contributed by atoms with Crippen LogP contribution in [0.1, 0.15) is 18.4 Å². The number of benzene rings is 2. The monoisotopic (exact) mass is 358 g/mol. The first-order valence-electron chi connectivity index (χ1n) is 8.41. The SMILES string of the molecule is COc1ccc(SC)cc1-c1[nH]c2c(F)cccc2c1CCCCN. The number of rotatable bonds is 7. The second-order valence-corrected chi connectivity index (χ2v) is 6.83. The number of fused-ring (bicyclic) bond motifs is 1. The minimum Gasteiger partial charge on any atom is -0.496 e. The molecule has 0 bridgehead atoms. The molecular weight excluding hydrogens is 335 g/mol. The number of nitrogens with one attached hydrogen (secondary N) is 1. The van der Waals surface area contributed by atoms with Crippen LogP contribution < -0.4 is 10.5 Å². The lowest BCUT2D eigenvalue weighted by molar-refractivity contribution is 0.416. The van der Waals surface area contributed by atoms with Gasteiger partial charge >= 0.3 is 0 Å². The Balaban J connectivity index is 2.21. The molecule has 2 aromatic carbocycles. The number of para-hydroxylation sites is 1. The molecule has 0 saturated carbocycles. The molecule has 0 amide bonds. The first-order valence-corrected chi connectivity index (χ1v) is 9.63. The molecule has 0 saturated heterocycles. The zero-order chi connectivity index (χ0) is 17.8. The molecule has 1 aromatic heterocycles. The predicted octanol–water partition coefficient (Wildman–Crippen LogP) is 4.99. The van der Waals surface area contributed by atoms with Crippen molar-refractivity contribution in [2.45, 2.75) is 24.2 Å². The molecule has 0 atom stereocenters. The van der Waals surface area contributed by atoms with E-state index in [1.54, 1.807) is 24.9 Å². The van der Waals surface area contributed by atoms with Crippen LogP contribution in [0.4, 0.5) is 4.39 Å². The molecule has 1 heterocycles. The fraction of sp³-hybridized carbons (Fsp3) is 0.300. The molecular formula is C20H23FN2OS. The van der Waals surface area contributed by atoms with E-state index in [0.29, 0.717) is 12.1 Å². The maximum absolute atomic E-state index is 14.3.